The summed E-state index contributed by atoms with van der Waals surface area (Å²) in [5.41, 5.74) is 3.41. The Labute approximate surface area is 207 Å². The van der Waals surface area contributed by atoms with Crippen LogP contribution in [-0.2, 0) is 17.8 Å². The molecule has 35 heavy (non-hydrogen) atoms. The number of carbonyl (C=O) groups is 1. The van der Waals surface area contributed by atoms with E-state index in [4.69, 9.17) is 11.6 Å². The van der Waals surface area contributed by atoms with Crippen molar-refractivity contribution < 1.29 is 14.1 Å². The number of hydrogen-bond donors (Lipinski definition) is 1. The summed E-state index contributed by atoms with van der Waals surface area (Å²) >= 11 is 6.03. The van der Waals surface area contributed by atoms with Gasteiger partial charge in [-0.05, 0) is 60.0 Å². The van der Waals surface area contributed by atoms with Gasteiger partial charge in [-0.3, -0.25) is 19.8 Å². The minimum absolute atomic E-state index is 0.0151. The summed E-state index contributed by atoms with van der Waals surface area (Å²) in [6.45, 7) is 2.90. The maximum Gasteiger partial charge on any atom is 0.269 e. The zero-order valence-corrected chi connectivity index (χ0v) is 19.6. The van der Waals surface area contributed by atoms with Crippen molar-refractivity contribution in [3.8, 4) is 0 Å². The Hall–Kier alpha value is -3.49. The van der Waals surface area contributed by atoms with Crippen molar-refractivity contribution in [1.82, 2.24) is 4.90 Å². The molecule has 1 N–H and O–H groups in total. The molecule has 0 bridgehead atoms. The molecule has 2 heterocycles. The van der Waals surface area contributed by atoms with Crippen molar-refractivity contribution in [2.45, 2.75) is 19.0 Å². The van der Waals surface area contributed by atoms with Gasteiger partial charge in [-0.2, -0.15) is 0 Å². The summed E-state index contributed by atoms with van der Waals surface area (Å²) < 4.78 is 13.3. The van der Waals surface area contributed by atoms with E-state index in [0.717, 1.165) is 29.9 Å². The van der Waals surface area contributed by atoms with E-state index in [1.165, 1.54) is 30.3 Å². The molecule has 0 spiro atoms. The molecule has 3 aromatic carbocycles. The van der Waals surface area contributed by atoms with Crippen LogP contribution >= 0.6 is 11.6 Å². The number of nitrogens with one attached hydrogen (secondary N) is 1. The molecule has 0 unspecified atom stereocenters. The Morgan fingerprint density at radius 1 is 1.09 bits per heavy atom. The first-order valence-corrected chi connectivity index (χ1v) is 11.8. The molecule has 9 heteroatoms. The van der Waals surface area contributed by atoms with Gasteiger partial charge in [0.05, 0.1) is 16.9 Å². The Morgan fingerprint density at radius 2 is 1.83 bits per heavy atom. The summed E-state index contributed by atoms with van der Waals surface area (Å²) in [6.07, 6.45) is 0.389. The minimum atomic E-state index is -0.428. The van der Waals surface area contributed by atoms with Crippen LogP contribution in [0, 0.1) is 21.8 Å². The molecular weight excluding hydrogens is 471 g/mol. The zero-order chi connectivity index (χ0) is 24.5. The van der Waals surface area contributed by atoms with Crippen LogP contribution in [0.1, 0.15) is 11.1 Å². The molecule has 3 aromatic rings. The first-order valence-electron chi connectivity index (χ1n) is 11.4. The van der Waals surface area contributed by atoms with Gasteiger partial charge in [-0.25, -0.2) is 4.39 Å². The van der Waals surface area contributed by atoms with E-state index in [2.05, 4.69) is 15.1 Å². The molecule has 5 rings (SSSR count). The molecule has 1 amide bonds. The number of benzene rings is 3. The first kappa shape index (κ1) is 23.3. The van der Waals surface area contributed by atoms with Crippen LogP contribution in [0.2, 0.25) is 5.02 Å². The number of nitro benzene ring substituents is 1. The van der Waals surface area contributed by atoms with Gasteiger partial charge in [-0.1, -0.05) is 23.7 Å². The van der Waals surface area contributed by atoms with Crippen LogP contribution in [0.25, 0.3) is 0 Å². The van der Waals surface area contributed by atoms with Gasteiger partial charge in [0.15, 0.2) is 0 Å². The number of nitrogens with zero attached hydrogens (tertiary/aromatic N) is 3. The maximum atomic E-state index is 13.4. The van der Waals surface area contributed by atoms with E-state index in [1.807, 2.05) is 24.3 Å². The molecule has 0 saturated carbocycles. The minimum Gasteiger partial charge on any atom is -0.365 e. The van der Waals surface area contributed by atoms with E-state index < -0.39 is 10.8 Å². The number of fused-ring (bicyclic) bond motifs is 3. The maximum absolute atomic E-state index is 13.4. The fourth-order valence-electron chi connectivity index (χ4n) is 5.04. The lowest BCUT2D eigenvalue weighted by Crippen LogP contribution is -2.60. The fraction of sp³-hybridized carbons (Fsp3) is 0.269. The highest BCUT2D eigenvalue weighted by atomic mass is 35.5. The first-order chi connectivity index (χ1) is 16.9. The Morgan fingerprint density at radius 3 is 2.54 bits per heavy atom. The Bertz CT molecular complexity index is 1250. The van der Waals surface area contributed by atoms with Crippen LogP contribution < -0.4 is 10.2 Å². The SMILES string of the molecule is O=C(Nc1ccc(F)cc1)[C@H]1Cc2cc([N+](=O)[O-])ccc2N2CCN(Cc3ccc(Cl)cc3)C[C@H]12. The number of rotatable bonds is 5. The molecular formula is C26H24ClFN4O3. The number of piperazine rings is 1. The third-order valence-electron chi connectivity index (χ3n) is 6.76. The molecule has 2 aliphatic heterocycles. The van der Waals surface area contributed by atoms with Crippen LogP contribution in [0.5, 0.6) is 0 Å². The molecule has 0 aliphatic carbocycles. The van der Waals surface area contributed by atoms with Gasteiger partial charge in [-0.15, -0.1) is 0 Å². The van der Waals surface area contributed by atoms with Crippen molar-refractivity contribution in [1.29, 1.82) is 0 Å². The highest BCUT2D eigenvalue weighted by Crippen LogP contribution is 2.38. The van der Waals surface area contributed by atoms with Gasteiger partial charge in [0.2, 0.25) is 5.91 Å². The molecule has 2 aliphatic rings. The van der Waals surface area contributed by atoms with Gasteiger partial charge in [0.25, 0.3) is 5.69 Å². The molecule has 0 radical (unpaired) electrons. The average Bonchev–Trinajstić information content (AvgIpc) is 2.85. The standard InChI is InChI=1S/C26H24ClFN4O3/c27-19-3-1-17(2-4-19)15-30-11-12-31-24-10-9-22(32(34)35)13-18(24)14-23(25(31)16-30)26(33)29-21-7-5-20(28)6-8-21/h1-10,13,23,25H,11-12,14-16H2,(H,29,33)/t23-,25+/m0/s1. The lowest BCUT2D eigenvalue weighted by molar-refractivity contribution is -0.384. The van der Waals surface area contributed by atoms with Crippen LogP contribution in [0.3, 0.4) is 0 Å². The summed E-state index contributed by atoms with van der Waals surface area (Å²) in [5.74, 6) is -0.988. The number of non-ortho nitro benzene ring substituents is 1. The second kappa shape index (κ2) is 9.64. The van der Waals surface area contributed by atoms with Crippen molar-refractivity contribution in [2.24, 2.45) is 5.92 Å². The molecule has 7 nitrogen and oxygen atoms in total. The van der Waals surface area contributed by atoms with Crippen molar-refractivity contribution in [3.05, 3.63) is 98.8 Å². The average molecular weight is 495 g/mol. The summed E-state index contributed by atoms with van der Waals surface area (Å²) in [5, 5.41) is 15.0. The van der Waals surface area contributed by atoms with Crippen LogP contribution in [-0.4, -0.2) is 41.4 Å². The van der Waals surface area contributed by atoms with E-state index in [-0.39, 0.29) is 23.5 Å². The molecule has 180 valence electrons. The summed E-state index contributed by atoms with van der Waals surface area (Å²) in [7, 11) is 0. The number of hydrogen-bond acceptors (Lipinski definition) is 5. The molecule has 2 atom stereocenters. The fourth-order valence-corrected chi connectivity index (χ4v) is 5.17. The lowest BCUT2D eigenvalue weighted by atomic mass is 9.83. The monoisotopic (exact) mass is 494 g/mol. The van der Waals surface area contributed by atoms with Gasteiger partial charge < -0.3 is 10.2 Å². The molecule has 1 saturated heterocycles. The predicted molar refractivity (Wildman–Crippen MR) is 133 cm³/mol. The lowest BCUT2D eigenvalue weighted by Gasteiger charge is -2.49. The van der Waals surface area contributed by atoms with E-state index in [1.54, 1.807) is 12.1 Å². The van der Waals surface area contributed by atoms with Crippen LogP contribution in [0.15, 0.2) is 66.7 Å². The topological polar surface area (TPSA) is 78.7 Å². The number of nitro groups is 1. The van der Waals surface area contributed by atoms with Crippen LogP contribution in [0.4, 0.5) is 21.5 Å². The second-order valence-corrected chi connectivity index (χ2v) is 9.44. The summed E-state index contributed by atoms with van der Waals surface area (Å²) in [4.78, 5) is 28.9. The van der Waals surface area contributed by atoms with Gasteiger partial charge in [0, 0.05) is 54.7 Å². The van der Waals surface area contributed by atoms with Crippen molar-refractivity contribution >= 4 is 34.6 Å². The van der Waals surface area contributed by atoms with Crippen molar-refractivity contribution in [2.75, 3.05) is 29.9 Å². The number of anilines is 2. The smallest absolute Gasteiger partial charge is 0.269 e. The molecule has 1 fully saturated rings. The number of amides is 1. The Kier molecular flexibility index (Phi) is 6.40. The van der Waals surface area contributed by atoms with Gasteiger partial charge in [0.1, 0.15) is 5.82 Å². The van der Waals surface area contributed by atoms with Crippen molar-refractivity contribution in [3.63, 3.8) is 0 Å². The normalized spacial score (nSPS) is 19.5. The second-order valence-electron chi connectivity index (χ2n) is 9.00. The number of halogens is 2. The predicted octanol–water partition coefficient (Wildman–Crippen LogP) is 4.89. The Balaban J connectivity index is 1.42. The van der Waals surface area contributed by atoms with E-state index >= 15 is 0 Å². The van der Waals surface area contributed by atoms with Gasteiger partial charge >= 0.3 is 0 Å². The largest absolute Gasteiger partial charge is 0.365 e. The number of carbonyl (C=O) groups excluding carboxylic acids is 1. The highest BCUT2D eigenvalue weighted by Gasteiger charge is 2.42. The highest BCUT2D eigenvalue weighted by molar-refractivity contribution is 6.30. The third kappa shape index (κ3) is 4.99. The van der Waals surface area contributed by atoms with E-state index in [9.17, 15) is 19.3 Å². The quantitative estimate of drug-likeness (QED) is 0.403. The molecule has 0 aromatic heterocycles. The third-order valence-corrected chi connectivity index (χ3v) is 7.01. The van der Waals surface area contributed by atoms with E-state index in [0.29, 0.717) is 30.2 Å². The summed E-state index contributed by atoms with van der Waals surface area (Å²) in [6, 6.07) is 18.2. The zero-order valence-electron chi connectivity index (χ0n) is 18.9.